The number of carbonyl (C=O) groups is 1. The van der Waals surface area contributed by atoms with Gasteiger partial charge in [-0.15, -0.1) is 0 Å². The highest BCUT2D eigenvalue weighted by atomic mass is 16.2. The quantitative estimate of drug-likeness (QED) is 0.702. The smallest absolute Gasteiger partial charge is 0.239 e. The molecule has 0 radical (unpaired) electrons. The molecule has 0 aliphatic heterocycles. The van der Waals surface area contributed by atoms with E-state index < -0.39 is 0 Å². The summed E-state index contributed by atoms with van der Waals surface area (Å²) in [6.07, 6.45) is 0. The van der Waals surface area contributed by atoms with E-state index in [0.717, 1.165) is 29.2 Å². The second-order valence-electron chi connectivity index (χ2n) is 6.76. The molecule has 1 amide bonds. The zero-order chi connectivity index (χ0) is 19.2. The van der Waals surface area contributed by atoms with Gasteiger partial charge in [-0.05, 0) is 31.5 Å². The molecule has 1 heterocycles. The highest BCUT2D eigenvalue weighted by molar-refractivity contribution is 5.81. The zero-order valence-electron chi connectivity index (χ0n) is 16.1. The minimum absolute atomic E-state index is 0.00374. The molecule has 2 aromatic carbocycles. The SMILES string of the molecule is Cc1nn(Cc2ccccc2)c(C)c1CNC(=O)CN(C)c1ccccc1. The van der Waals surface area contributed by atoms with Crippen LogP contribution < -0.4 is 10.2 Å². The van der Waals surface area contributed by atoms with E-state index >= 15 is 0 Å². The molecule has 1 aromatic heterocycles. The fraction of sp³-hybridized carbons (Fsp3) is 0.273. The Bertz CT molecular complexity index is 887. The number of anilines is 1. The summed E-state index contributed by atoms with van der Waals surface area (Å²) in [4.78, 5) is 14.3. The average Bonchev–Trinajstić information content (AvgIpc) is 2.94. The van der Waals surface area contributed by atoms with Crippen LogP contribution in [0.15, 0.2) is 60.7 Å². The van der Waals surface area contributed by atoms with E-state index in [2.05, 4.69) is 29.5 Å². The molecule has 0 spiro atoms. The molecule has 0 fully saturated rings. The topological polar surface area (TPSA) is 50.2 Å². The summed E-state index contributed by atoms with van der Waals surface area (Å²) < 4.78 is 2.00. The molecule has 1 N–H and O–H groups in total. The first-order valence-electron chi connectivity index (χ1n) is 9.14. The summed E-state index contributed by atoms with van der Waals surface area (Å²) in [5, 5.41) is 7.67. The van der Waals surface area contributed by atoms with Crippen molar-refractivity contribution in [3.63, 3.8) is 0 Å². The van der Waals surface area contributed by atoms with Gasteiger partial charge in [-0.1, -0.05) is 48.5 Å². The molecule has 5 heteroatoms. The largest absolute Gasteiger partial charge is 0.365 e. The molecule has 3 rings (SSSR count). The molecule has 0 saturated carbocycles. The lowest BCUT2D eigenvalue weighted by molar-refractivity contribution is -0.119. The van der Waals surface area contributed by atoms with Crippen LogP contribution in [0.4, 0.5) is 5.69 Å². The molecular formula is C22H26N4O. The maximum absolute atomic E-state index is 12.3. The van der Waals surface area contributed by atoms with Crippen LogP contribution in [-0.4, -0.2) is 29.3 Å². The molecule has 0 aliphatic carbocycles. The number of likely N-dealkylation sites (N-methyl/N-ethyl adjacent to an activating group) is 1. The highest BCUT2D eigenvalue weighted by Gasteiger charge is 2.13. The van der Waals surface area contributed by atoms with E-state index in [1.807, 2.05) is 72.1 Å². The van der Waals surface area contributed by atoms with Crippen molar-refractivity contribution in [2.45, 2.75) is 26.9 Å². The van der Waals surface area contributed by atoms with Crippen LogP contribution in [0.2, 0.25) is 0 Å². The lowest BCUT2D eigenvalue weighted by Crippen LogP contribution is -2.35. The van der Waals surface area contributed by atoms with Gasteiger partial charge in [-0.25, -0.2) is 0 Å². The summed E-state index contributed by atoms with van der Waals surface area (Å²) in [5.74, 6) is -0.00374. The molecule has 140 valence electrons. The van der Waals surface area contributed by atoms with E-state index in [0.29, 0.717) is 13.1 Å². The van der Waals surface area contributed by atoms with Crippen LogP contribution in [-0.2, 0) is 17.9 Å². The summed E-state index contributed by atoms with van der Waals surface area (Å²) in [6.45, 7) is 5.60. The van der Waals surface area contributed by atoms with E-state index in [-0.39, 0.29) is 5.91 Å². The number of benzene rings is 2. The number of nitrogens with one attached hydrogen (secondary N) is 1. The van der Waals surface area contributed by atoms with Crippen molar-refractivity contribution in [1.82, 2.24) is 15.1 Å². The standard InChI is InChI=1S/C22H26N4O/c1-17-21(18(2)26(24-17)15-19-10-6-4-7-11-19)14-23-22(27)16-25(3)20-12-8-5-9-13-20/h4-13H,14-16H2,1-3H3,(H,23,27). The Kier molecular flexibility index (Phi) is 5.91. The van der Waals surface area contributed by atoms with Crippen molar-refractivity contribution in [3.05, 3.63) is 83.2 Å². The molecule has 0 unspecified atom stereocenters. The second kappa shape index (κ2) is 8.54. The third-order valence-corrected chi connectivity index (χ3v) is 4.75. The molecule has 0 aliphatic rings. The van der Waals surface area contributed by atoms with E-state index in [1.54, 1.807) is 0 Å². The fourth-order valence-corrected chi connectivity index (χ4v) is 3.13. The summed E-state index contributed by atoms with van der Waals surface area (Å²) >= 11 is 0. The molecule has 0 bridgehead atoms. The van der Waals surface area contributed by atoms with Gasteiger partial charge in [0.25, 0.3) is 0 Å². The molecule has 5 nitrogen and oxygen atoms in total. The number of amides is 1. The number of aryl methyl sites for hydroxylation is 1. The number of rotatable bonds is 7. The van der Waals surface area contributed by atoms with Crippen LogP contribution in [0, 0.1) is 13.8 Å². The van der Waals surface area contributed by atoms with Gasteiger partial charge in [0.05, 0.1) is 18.8 Å². The maximum Gasteiger partial charge on any atom is 0.239 e. The third-order valence-electron chi connectivity index (χ3n) is 4.75. The number of carbonyl (C=O) groups excluding carboxylic acids is 1. The Labute approximate surface area is 160 Å². The normalized spacial score (nSPS) is 10.6. The van der Waals surface area contributed by atoms with Crippen LogP contribution in [0.3, 0.4) is 0 Å². The predicted molar refractivity (Wildman–Crippen MR) is 109 cm³/mol. The van der Waals surface area contributed by atoms with Crippen LogP contribution in [0.5, 0.6) is 0 Å². The van der Waals surface area contributed by atoms with Crippen molar-refractivity contribution in [2.24, 2.45) is 0 Å². The fourth-order valence-electron chi connectivity index (χ4n) is 3.13. The van der Waals surface area contributed by atoms with E-state index in [4.69, 9.17) is 0 Å². The monoisotopic (exact) mass is 362 g/mol. The molecule has 0 atom stereocenters. The maximum atomic E-state index is 12.3. The Balaban J connectivity index is 1.60. The highest BCUT2D eigenvalue weighted by Crippen LogP contribution is 2.15. The van der Waals surface area contributed by atoms with Gasteiger partial charge in [0.1, 0.15) is 0 Å². The van der Waals surface area contributed by atoms with Gasteiger partial charge in [0.2, 0.25) is 5.91 Å². The third kappa shape index (κ3) is 4.76. The zero-order valence-corrected chi connectivity index (χ0v) is 16.1. The lowest BCUT2D eigenvalue weighted by Gasteiger charge is -2.18. The Hall–Kier alpha value is -3.08. The van der Waals surface area contributed by atoms with Crippen LogP contribution in [0.1, 0.15) is 22.5 Å². The van der Waals surface area contributed by atoms with Crippen molar-refractivity contribution in [2.75, 3.05) is 18.5 Å². The Morgan fingerprint density at radius 1 is 1.04 bits per heavy atom. The summed E-state index contributed by atoms with van der Waals surface area (Å²) in [5.41, 5.74) is 5.37. The molecule has 27 heavy (non-hydrogen) atoms. The summed E-state index contributed by atoms with van der Waals surface area (Å²) in [7, 11) is 1.92. The average molecular weight is 362 g/mol. The van der Waals surface area contributed by atoms with Crippen molar-refractivity contribution >= 4 is 11.6 Å². The second-order valence-corrected chi connectivity index (χ2v) is 6.76. The van der Waals surface area contributed by atoms with Gasteiger partial charge in [-0.2, -0.15) is 5.10 Å². The van der Waals surface area contributed by atoms with Gasteiger partial charge in [0, 0.05) is 30.5 Å². The molecule has 0 saturated heterocycles. The van der Waals surface area contributed by atoms with Gasteiger partial charge in [0.15, 0.2) is 0 Å². The number of nitrogens with zero attached hydrogens (tertiary/aromatic N) is 3. The van der Waals surface area contributed by atoms with Gasteiger partial charge >= 0.3 is 0 Å². The predicted octanol–water partition coefficient (Wildman–Crippen LogP) is 3.30. The molecular weight excluding hydrogens is 336 g/mol. The number of aromatic nitrogens is 2. The lowest BCUT2D eigenvalue weighted by atomic mass is 10.2. The summed E-state index contributed by atoms with van der Waals surface area (Å²) in [6, 6.07) is 20.2. The molecule has 3 aromatic rings. The van der Waals surface area contributed by atoms with Crippen LogP contribution >= 0.6 is 0 Å². The minimum Gasteiger partial charge on any atom is -0.365 e. The van der Waals surface area contributed by atoms with Crippen molar-refractivity contribution in [3.8, 4) is 0 Å². The Morgan fingerprint density at radius 2 is 1.67 bits per heavy atom. The first-order chi connectivity index (χ1) is 13.0. The van der Waals surface area contributed by atoms with Crippen molar-refractivity contribution < 1.29 is 4.79 Å². The Morgan fingerprint density at radius 3 is 2.33 bits per heavy atom. The number of para-hydroxylation sites is 1. The van der Waals surface area contributed by atoms with E-state index in [1.165, 1.54) is 5.56 Å². The minimum atomic E-state index is -0.00374. The van der Waals surface area contributed by atoms with E-state index in [9.17, 15) is 4.79 Å². The van der Waals surface area contributed by atoms with Gasteiger partial charge in [-0.3, -0.25) is 9.48 Å². The van der Waals surface area contributed by atoms with Gasteiger partial charge < -0.3 is 10.2 Å². The van der Waals surface area contributed by atoms with Crippen LogP contribution in [0.25, 0.3) is 0 Å². The first kappa shape index (κ1) is 18.7. The first-order valence-corrected chi connectivity index (χ1v) is 9.14. The van der Waals surface area contributed by atoms with Crippen molar-refractivity contribution in [1.29, 1.82) is 0 Å². The number of hydrogen-bond donors (Lipinski definition) is 1. The number of hydrogen-bond acceptors (Lipinski definition) is 3.